The van der Waals surface area contributed by atoms with Gasteiger partial charge in [-0.25, -0.2) is 0 Å². The van der Waals surface area contributed by atoms with Gasteiger partial charge in [0, 0.05) is 13.8 Å². The minimum Gasteiger partial charge on any atom is -0.454 e. The van der Waals surface area contributed by atoms with E-state index in [0.717, 1.165) is 13.8 Å². The number of aliphatic hydroxyl groups excluding tert-OH is 12. The summed E-state index contributed by atoms with van der Waals surface area (Å²) < 4.78 is 58.0. The summed E-state index contributed by atoms with van der Waals surface area (Å²) in [5.74, 6) is -1.64. The largest absolute Gasteiger partial charge is 0.454 e. The molecule has 5 aliphatic rings. The maximum absolute atomic E-state index is 12.3. The Labute approximate surface area is 336 Å². The molecular weight excluding hydrogens is 806 g/mol. The smallest absolute Gasteiger partial charge is 0.303 e. The predicted molar refractivity (Wildman–Crippen MR) is 183 cm³/mol. The number of hydrogen-bond acceptors (Lipinski definition) is 24. The second-order valence-electron chi connectivity index (χ2n) is 15.2. The fourth-order valence-corrected chi connectivity index (χ4v) is 7.51. The third-order valence-corrected chi connectivity index (χ3v) is 10.9. The highest BCUT2D eigenvalue weighted by atomic mass is 16.8. The number of ether oxygens (including phenoxy) is 10. The number of hydrogen-bond donors (Lipinski definition) is 13. The number of rotatable bonds is 12. The average molecular weight is 864 g/mol. The van der Waals surface area contributed by atoms with Gasteiger partial charge in [0.1, 0.15) is 97.6 Å². The van der Waals surface area contributed by atoms with Crippen molar-refractivity contribution in [2.45, 2.75) is 188 Å². The molecule has 5 heterocycles. The van der Waals surface area contributed by atoms with Crippen molar-refractivity contribution in [1.82, 2.24) is 5.32 Å². The van der Waals surface area contributed by atoms with E-state index in [4.69, 9.17) is 47.4 Å². The van der Waals surface area contributed by atoms with Gasteiger partial charge in [-0.2, -0.15) is 0 Å². The van der Waals surface area contributed by atoms with Crippen LogP contribution in [-0.2, 0) is 57.0 Å². The number of nitrogens with one attached hydrogen (secondary N) is 1. The molecule has 5 fully saturated rings. The molecular formula is C34H57NO24. The van der Waals surface area contributed by atoms with Gasteiger partial charge in [-0.3, -0.25) is 9.59 Å². The van der Waals surface area contributed by atoms with Gasteiger partial charge in [-0.1, -0.05) is 0 Å². The Morgan fingerprint density at radius 2 is 0.932 bits per heavy atom. The monoisotopic (exact) mass is 863 g/mol. The van der Waals surface area contributed by atoms with Crippen LogP contribution in [0.15, 0.2) is 0 Å². The Morgan fingerprint density at radius 1 is 0.475 bits per heavy atom. The van der Waals surface area contributed by atoms with Gasteiger partial charge in [0.05, 0.1) is 31.5 Å². The Balaban J connectivity index is 1.54. The predicted octanol–water partition coefficient (Wildman–Crippen LogP) is -8.13. The minimum absolute atomic E-state index is 0.747. The highest BCUT2D eigenvalue weighted by Gasteiger charge is 2.57. The molecule has 0 aromatic rings. The topological polar surface area (TPSA) is 381 Å². The molecule has 0 aliphatic carbocycles. The van der Waals surface area contributed by atoms with Crippen LogP contribution in [0.2, 0.25) is 0 Å². The van der Waals surface area contributed by atoms with E-state index in [0.29, 0.717) is 0 Å². The lowest BCUT2D eigenvalue weighted by molar-refractivity contribution is -0.408. The Morgan fingerprint density at radius 3 is 1.49 bits per heavy atom. The van der Waals surface area contributed by atoms with E-state index in [-0.39, 0.29) is 0 Å². The minimum atomic E-state index is -2.02. The van der Waals surface area contributed by atoms with Gasteiger partial charge in [-0.05, 0) is 20.8 Å². The zero-order valence-electron chi connectivity index (χ0n) is 32.6. The molecule has 0 spiro atoms. The molecule has 0 bridgehead atoms. The molecule has 25 atom stereocenters. The summed E-state index contributed by atoms with van der Waals surface area (Å²) in [6.07, 6.45) is -41.3. The van der Waals surface area contributed by atoms with Crippen molar-refractivity contribution in [2.75, 3.05) is 13.2 Å². The molecule has 0 aromatic heterocycles. The molecule has 0 saturated carbocycles. The van der Waals surface area contributed by atoms with Gasteiger partial charge < -0.3 is 114 Å². The van der Waals surface area contributed by atoms with Gasteiger partial charge >= 0.3 is 5.97 Å². The lowest BCUT2D eigenvalue weighted by atomic mass is 9.95. The average Bonchev–Trinajstić information content (AvgIpc) is 3.18. The van der Waals surface area contributed by atoms with E-state index < -0.39 is 179 Å². The zero-order valence-corrected chi connectivity index (χ0v) is 32.6. The van der Waals surface area contributed by atoms with Gasteiger partial charge in [0.15, 0.2) is 37.6 Å². The van der Waals surface area contributed by atoms with Crippen molar-refractivity contribution in [2.24, 2.45) is 0 Å². The Hall–Kier alpha value is -1.90. The first-order valence-corrected chi connectivity index (χ1v) is 19.1. The SMILES string of the molecule is CC(=O)NC1[C@H](OC2[C@H](OC3[C@H](O[C@@H]4C(OC(C)=O)[C@H](O)OC(C)[C@@H]4O)OC(C)[C@H](O)[C@@H]3O)OC(C)[C@H](O)[C@@H]2O[C@H]2O[C@@H](CO)[C@@H](O)C(O)C2O)OC(CO)[C@@H](O)[C@@H]1O. The zero-order chi connectivity index (χ0) is 43.8. The van der Waals surface area contributed by atoms with Crippen LogP contribution < -0.4 is 5.32 Å². The molecule has 13 N–H and O–H groups in total. The summed E-state index contributed by atoms with van der Waals surface area (Å²) in [7, 11) is 0. The van der Waals surface area contributed by atoms with Crippen LogP contribution in [-0.4, -0.2) is 240 Å². The quantitative estimate of drug-likeness (QED) is 0.0810. The first-order valence-electron chi connectivity index (χ1n) is 19.1. The second-order valence-corrected chi connectivity index (χ2v) is 15.2. The molecule has 0 radical (unpaired) electrons. The third-order valence-electron chi connectivity index (χ3n) is 10.9. The van der Waals surface area contributed by atoms with Crippen molar-refractivity contribution >= 4 is 11.9 Å². The van der Waals surface area contributed by atoms with E-state index >= 15 is 0 Å². The van der Waals surface area contributed by atoms with Crippen molar-refractivity contribution in [3.05, 3.63) is 0 Å². The molecule has 5 rings (SSSR count). The van der Waals surface area contributed by atoms with Crippen LogP contribution in [0.3, 0.4) is 0 Å². The lowest BCUT2D eigenvalue weighted by Gasteiger charge is -2.51. The molecule has 25 heteroatoms. The van der Waals surface area contributed by atoms with Gasteiger partial charge in [0.25, 0.3) is 0 Å². The molecule has 1 amide bonds. The van der Waals surface area contributed by atoms with Gasteiger partial charge in [-0.15, -0.1) is 0 Å². The molecule has 10 unspecified atom stereocenters. The molecule has 5 aliphatic heterocycles. The summed E-state index contributed by atoms with van der Waals surface area (Å²) in [6.45, 7) is 4.40. The molecule has 59 heavy (non-hydrogen) atoms. The van der Waals surface area contributed by atoms with E-state index in [2.05, 4.69) is 5.32 Å². The number of esters is 1. The highest BCUT2D eigenvalue weighted by Crippen LogP contribution is 2.37. The van der Waals surface area contributed by atoms with Crippen LogP contribution in [0.4, 0.5) is 0 Å². The van der Waals surface area contributed by atoms with Crippen LogP contribution in [0.1, 0.15) is 34.6 Å². The number of aliphatic hydroxyl groups is 12. The normalized spacial score (nSPS) is 50.8. The van der Waals surface area contributed by atoms with Crippen LogP contribution in [0.5, 0.6) is 0 Å². The maximum Gasteiger partial charge on any atom is 0.303 e. The second kappa shape index (κ2) is 20.1. The molecule has 0 aromatic carbocycles. The maximum atomic E-state index is 12.3. The first kappa shape index (κ1) is 48.1. The van der Waals surface area contributed by atoms with Crippen LogP contribution in [0.25, 0.3) is 0 Å². The van der Waals surface area contributed by atoms with Crippen molar-refractivity contribution in [1.29, 1.82) is 0 Å². The number of carbonyl (C=O) groups excluding carboxylic acids is 2. The number of carbonyl (C=O) groups is 2. The first-order chi connectivity index (χ1) is 27.7. The lowest BCUT2D eigenvalue weighted by Crippen LogP contribution is -2.69. The van der Waals surface area contributed by atoms with Crippen molar-refractivity contribution in [3.8, 4) is 0 Å². The molecule has 342 valence electrons. The van der Waals surface area contributed by atoms with Crippen LogP contribution in [0, 0.1) is 0 Å². The van der Waals surface area contributed by atoms with Crippen LogP contribution >= 0.6 is 0 Å². The summed E-state index contributed by atoms with van der Waals surface area (Å²) in [5, 5.41) is 131. The van der Waals surface area contributed by atoms with E-state index in [1.165, 1.54) is 20.8 Å². The summed E-state index contributed by atoms with van der Waals surface area (Å²) >= 11 is 0. The van der Waals surface area contributed by atoms with Crippen molar-refractivity contribution in [3.63, 3.8) is 0 Å². The fraction of sp³-hybridized carbons (Fsp3) is 0.941. The summed E-state index contributed by atoms with van der Waals surface area (Å²) in [4.78, 5) is 24.2. The summed E-state index contributed by atoms with van der Waals surface area (Å²) in [5.41, 5.74) is 0. The fourth-order valence-electron chi connectivity index (χ4n) is 7.51. The number of amides is 1. The Kier molecular flexibility index (Phi) is 16.4. The standard InChI is InChI=1S/C34H57NO24/c1-8-16(40)23(47)27(33(51-8)57-25-17(41)9(2)50-30(49)28(25)53-12(5)39)58-34-29(59-31-15(35-11(4)38)21(45)19(43)13(6-36)54-31)26(18(42)10(3)52-34)56-32-24(48)22(46)20(44)14(7-37)55-32/h8-10,13-34,36-37,40-49H,6-7H2,1-5H3,(H,35,38)/t8?,9?,10?,13?,14-,15?,16-,17-,18-,19+,20+,21+,22?,23-,24?,25-,26-,27?,28?,29?,30+,31-,32+,33-,34-/m0/s1. The van der Waals surface area contributed by atoms with E-state index in [1.54, 1.807) is 0 Å². The molecule has 5 saturated heterocycles. The van der Waals surface area contributed by atoms with E-state index in [9.17, 15) is 70.9 Å². The Bertz CT molecular complexity index is 1380. The molecule has 25 nitrogen and oxygen atoms in total. The van der Waals surface area contributed by atoms with Gasteiger partial charge in [0.2, 0.25) is 5.91 Å². The summed E-state index contributed by atoms with van der Waals surface area (Å²) in [6, 6.07) is -1.61. The van der Waals surface area contributed by atoms with E-state index in [1.807, 2.05) is 0 Å². The van der Waals surface area contributed by atoms with Crippen molar-refractivity contribution < 1.29 is 118 Å². The third kappa shape index (κ3) is 10.3. The highest BCUT2D eigenvalue weighted by molar-refractivity contribution is 5.73.